The Bertz CT molecular complexity index is 2620. The molecule has 0 bridgehead atoms. The molecule has 0 N–H and O–H groups in total. The van der Waals surface area contributed by atoms with Gasteiger partial charge in [0, 0.05) is 21.8 Å². The van der Waals surface area contributed by atoms with E-state index in [-0.39, 0.29) is 0 Å². The highest BCUT2D eigenvalue weighted by molar-refractivity contribution is 6.19. The first-order chi connectivity index (χ1) is 21.3. The molecular weight excluding hydrogens is 518 g/mol. The Balaban J connectivity index is 1.16. The minimum atomic E-state index is 1.19. The van der Waals surface area contributed by atoms with Crippen LogP contribution in [0.1, 0.15) is 0 Å². The summed E-state index contributed by atoms with van der Waals surface area (Å²) < 4.78 is 2.44. The van der Waals surface area contributed by atoms with Gasteiger partial charge in [0.1, 0.15) is 0 Å². The third-order valence-electron chi connectivity index (χ3n) is 9.46. The van der Waals surface area contributed by atoms with Gasteiger partial charge in [0.05, 0.1) is 11.0 Å². The van der Waals surface area contributed by atoms with Crippen molar-refractivity contribution in [1.29, 1.82) is 0 Å². The van der Waals surface area contributed by atoms with Gasteiger partial charge in [0.2, 0.25) is 0 Å². The molecule has 1 aromatic heterocycles. The van der Waals surface area contributed by atoms with Crippen LogP contribution < -0.4 is 0 Å². The largest absolute Gasteiger partial charge is 0.309 e. The van der Waals surface area contributed by atoms with Crippen molar-refractivity contribution in [3.8, 4) is 39.1 Å². The molecule has 1 heterocycles. The van der Waals surface area contributed by atoms with Gasteiger partial charge >= 0.3 is 0 Å². The molecule has 0 saturated heterocycles. The van der Waals surface area contributed by atoms with Crippen molar-refractivity contribution >= 4 is 54.1 Å². The number of aromatic nitrogens is 1. The Labute approximate surface area is 248 Å². The quantitative estimate of drug-likeness (QED) is 0.204. The first kappa shape index (κ1) is 23.0. The second kappa shape index (κ2) is 8.44. The van der Waals surface area contributed by atoms with Crippen molar-refractivity contribution in [3.63, 3.8) is 0 Å². The van der Waals surface area contributed by atoms with E-state index in [9.17, 15) is 0 Å². The molecule has 10 rings (SSSR count). The van der Waals surface area contributed by atoms with Crippen LogP contribution in [0.5, 0.6) is 0 Å². The summed E-state index contributed by atoms with van der Waals surface area (Å²) in [7, 11) is 0. The van der Waals surface area contributed by atoms with Crippen molar-refractivity contribution in [1.82, 2.24) is 4.57 Å². The number of hydrogen-bond donors (Lipinski definition) is 0. The summed E-state index contributed by atoms with van der Waals surface area (Å²) in [5, 5.41) is 10.3. The van der Waals surface area contributed by atoms with Crippen LogP contribution in [0.15, 0.2) is 152 Å². The van der Waals surface area contributed by atoms with E-state index in [1.165, 1.54) is 93.2 Å². The number of rotatable bonds is 2. The lowest BCUT2D eigenvalue weighted by molar-refractivity contribution is 1.19. The molecular formula is C42H25N. The van der Waals surface area contributed by atoms with E-state index in [1.807, 2.05) is 0 Å². The van der Waals surface area contributed by atoms with Crippen molar-refractivity contribution in [2.24, 2.45) is 0 Å². The molecule has 1 aliphatic carbocycles. The molecule has 0 aliphatic heterocycles. The Kier molecular flexibility index (Phi) is 4.51. The van der Waals surface area contributed by atoms with Gasteiger partial charge in [0.25, 0.3) is 0 Å². The van der Waals surface area contributed by atoms with Gasteiger partial charge in [-0.2, -0.15) is 0 Å². The first-order valence-corrected chi connectivity index (χ1v) is 14.9. The SMILES string of the molecule is c1ccc2c(c1)-c1cccc3cc(-c4ccc5cc(-n6c7ccccc7c7ccc8ccccc8c76)ccc5c4)cc-2c13. The Morgan fingerprint density at radius 2 is 1.02 bits per heavy atom. The molecule has 0 radical (unpaired) electrons. The highest BCUT2D eigenvalue weighted by Crippen LogP contribution is 2.48. The van der Waals surface area contributed by atoms with Crippen LogP contribution in [0.4, 0.5) is 0 Å². The van der Waals surface area contributed by atoms with E-state index in [1.54, 1.807) is 0 Å². The molecule has 8 aromatic carbocycles. The molecule has 1 nitrogen and oxygen atoms in total. The molecule has 9 aromatic rings. The minimum Gasteiger partial charge on any atom is -0.309 e. The zero-order valence-corrected chi connectivity index (χ0v) is 23.4. The maximum atomic E-state index is 2.44. The number of benzene rings is 8. The average Bonchev–Trinajstić information content (AvgIpc) is 3.59. The zero-order valence-electron chi connectivity index (χ0n) is 23.4. The van der Waals surface area contributed by atoms with Crippen molar-refractivity contribution < 1.29 is 0 Å². The molecule has 0 spiro atoms. The lowest BCUT2D eigenvalue weighted by atomic mass is 9.95. The van der Waals surface area contributed by atoms with Crippen molar-refractivity contribution in [2.75, 3.05) is 0 Å². The third-order valence-corrected chi connectivity index (χ3v) is 9.46. The topological polar surface area (TPSA) is 4.93 Å². The highest BCUT2D eigenvalue weighted by Gasteiger charge is 2.22. The summed E-state index contributed by atoms with van der Waals surface area (Å²) in [5.41, 5.74) is 11.6. The molecule has 1 heteroatoms. The second-order valence-electron chi connectivity index (χ2n) is 11.8. The number of para-hydroxylation sites is 1. The van der Waals surface area contributed by atoms with Crippen molar-refractivity contribution in [2.45, 2.75) is 0 Å². The fourth-order valence-corrected chi connectivity index (χ4v) is 7.53. The first-order valence-electron chi connectivity index (χ1n) is 14.9. The van der Waals surface area contributed by atoms with Crippen LogP contribution in [0, 0.1) is 0 Å². The fraction of sp³-hybridized carbons (Fsp3) is 0. The molecule has 1 aliphatic rings. The summed E-state index contributed by atoms with van der Waals surface area (Å²) in [4.78, 5) is 0. The lowest BCUT2D eigenvalue weighted by Crippen LogP contribution is -1.94. The van der Waals surface area contributed by atoms with Crippen LogP contribution in [0.25, 0.3) is 93.2 Å². The van der Waals surface area contributed by atoms with Crippen LogP contribution in [0.2, 0.25) is 0 Å². The van der Waals surface area contributed by atoms with E-state index in [2.05, 4.69) is 156 Å². The van der Waals surface area contributed by atoms with Gasteiger partial charge in [-0.3, -0.25) is 0 Å². The predicted molar refractivity (Wildman–Crippen MR) is 183 cm³/mol. The van der Waals surface area contributed by atoms with Crippen LogP contribution in [-0.2, 0) is 0 Å². The molecule has 0 unspecified atom stereocenters. The Morgan fingerprint density at radius 3 is 1.95 bits per heavy atom. The van der Waals surface area contributed by atoms with Gasteiger partial charge in [-0.1, -0.05) is 115 Å². The number of nitrogens with zero attached hydrogens (tertiary/aromatic N) is 1. The maximum Gasteiger partial charge on any atom is 0.0619 e. The Hall–Kier alpha value is -5.66. The monoisotopic (exact) mass is 543 g/mol. The van der Waals surface area contributed by atoms with Gasteiger partial charge in [-0.25, -0.2) is 0 Å². The summed E-state index contributed by atoms with van der Waals surface area (Å²) >= 11 is 0. The summed E-state index contributed by atoms with van der Waals surface area (Å²) in [5.74, 6) is 0. The number of hydrogen-bond acceptors (Lipinski definition) is 0. The summed E-state index contributed by atoms with van der Waals surface area (Å²) in [6.07, 6.45) is 0. The molecule has 0 atom stereocenters. The molecule has 43 heavy (non-hydrogen) atoms. The van der Waals surface area contributed by atoms with E-state index in [0.29, 0.717) is 0 Å². The van der Waals surface area contributed by atoms with Gasteiger partial charge < -0.3 is 4.57 Å². The van der Waals surface area contributed by atoms with Gasteiger partial charge in [-0.15, -0.1) is 0 Å². The summed E-state index contributed by atoms with van der Waals surface area (Å²) in [6.45, 7) is 0. The maximum absolute atomic E-state index is 2.44. The van der Waals surface area contributed by atoms with Crippen molar-refractivity contribution in [3.05, 3.63) is 152 Å². The van der Waals surface area contributed by atoms with E-state index in [4.69, 9.17) is 0 Å². The normalized spacial score (nSPS) is 12.2. The fourth-order valence-electron chi connectivity index (χ4n) is 7.53. The minimum absolute atomic E-state index is 1.19. The molecule has 0 saturated carbocycles. The molecule has 198 valence electrons. The second-order valence-corrected chi connectivity index (χ2v) is 11.8. The summed E-state index contributed by atoms with van der Waals surface area (Å²) in [6, 6.07) is 56.1. The highest BCUT2D eigenvalue weighted by atomic mass is 15.0. The Morgan fingerprint density at radius 1 is 0.349 bits per heavy atom. The van der Waals surface area contributed by atoms with Crippen LogP contribution in [-0.4, -0.2) is 4.57 Å². The van der Waals surface area contributed by atoms with Gasteiger partial charge in [-0.05, 0) is 96.7 Å². The van der Waals surface area contributed by atoms with E-state index < -0.39 is 0 Å². The smallest absolute Gasteiger partial charge is 0.0619 e. The lowest BCUT2D eigenvalue weighted by Gasteiger charge is -2.12. The number of fused-ring (bicyclic) bond motifs is 9. The zero-order chi connectivity index (χ0) is 28.1. The molecule has 0 amide bonds. The van der Waals surface area contributed by atoms with E-state index >= 15 is 0 Å². The predicted octanol–water partition coefficient (Wildman–Crippen LogP) is 11.6. The standard InChI is InChI=1S/C42H25N/c1-2-10-33-26(8-1)19-21-38-36-13-5-6-15-40(36)43(42(33)38)32-20-18-27-22-28(16-17-29(27)24-32)31-23-30-9-7-14-37-34-11-3-4-12-35(34)39(25-31)41(30)37/h1-25H. The van der Waals surface area contributed by atoms with E-state index in [0.717, 1.165) is 0 Å². The van der Waals surface area contributed by atoms with Crippen LogP contribution >= 0.6 is 0 Å². The van der Waals surface area contributed by atoms with Gasteiger partial charge in [0.15, 0.2) is 0 Å². The average molecular weight is 544 g/mol. The van der Waals surface area contributed by atoms with Crippen LogP contribution in [0.3, 0.4) is 0 Å². The third kappa shape index (κ3) is 3.17. The molecule has 0 fully saturated rings.